The maximum absolute atomic E-state index is 13.2. The van der Waals surface area contributed by atoms with Crippen LogP contribution in [0.5, 0.6) is 0 Å². The van der Waals surface area contributed by atoms with Crippen LogP contribution in [0.3, 0.4) is 0 Å². The van der Waals surface area contributed by atoms with Gasteiger partial charge in [0.25, 0.3) is 5.91 Å². The van der Waals surface area contributed by atoms with Gasteiger partial charge in [0.2, 0.25) is 0 Å². The molecule has 0 bridgehead atoms. The van der Waals surface area contributed by atoms with Gasteiger partial charge in [0.05, 0.1) is 5.56 Å². The van der Waals surface area contributed by atoms with Crippen molar-refractivity contribution in [2.45, 2.75) is 37.9 Å². The number of nitrogens with two attached hydrogens (primary N) is 1. The SMILES string of the molecule is Cl.NCC1CCCCC1NC(=O)c1ccc(F)c(C(F)(F)F)c1. The van der Waals surface area contributed by atoms with E-state index in [1.807, 2.05) is 0 Å². The zero-order valence-electron chi connectivity index (χ0n) is 12.3. The number of amides is 1. The maximum Gasteiger partial charge on any atom is 0.419 e. The van der Waals surface area contributed by atoms with Gasteiger partial charge in [-0.1, -0.05) is 12.8 Å². The predicted octanol–water partition coefficient (Wildman–Crippen LogP) is 3.51. The minimum atomic E-state index is -4.83. The highest BCUT2D eigenvalue weighted by molar-refractivity contribution is 5.94. The Morgan fingerprint density at radius 1 is 1.26 bits per heavy atom. The summed E-state index contributed by atoms with van der Waals surface area (Å²) in [6.07, 6.45) is -1.22. The summed E-state index contributed by atoms with van der Waals surface area (Å²) >= 11 is 0. The van der Waals surface area contributed by atoms with Crippen LogP contribution in [0, 0.1) is 11.7 Å². The molecule has 0 radical (unpaired) electrons. The summed E-state index contributed by atoms with van der Waals surface area (Å²) in [5, 5.41) is 2.73. The minimum absolute atomic E-state index is 0. The smallest absolute Gasteiger partial charge is 0.349 e. The normalized spacial score (nSPS) is 21.4. The van der Waals surface area contributed by atoms with Crippen LogP contribution in [-0.4, -0.2) is 18.5 Å². The van der Waals surface area contributed by atoms with E-state index in [4.69, 9.17) is 5.73 Å². The molecule has 0 heterocycles. The monoisotopic (exact) mass is 354 g/mol. The molecule has 1 fully saturated rings. The highest BCUT2D eigenvalue weighted by atomic mass is 35.5. The minimum Gasteiger partial charge on any atom is -0.349 e. The van der Waals surface area contributed by atoms with Crippen molar-refractivity contribution in [3.8, 4) is 0 Å². The summed E-state index contributed by atoms with van der Waals surface area (Å²) < 4.78 is 51.3. The lowest BCUT2D eigenvalue weighted by Crippen LogP contribution is -2.44. The molecule has 1 aromatic carbocycles. The first kappa shape index (κ1) is 19.7. The first-order valence-corrected chi connectivity index (χ1v) is 7.20. The molecule has 1 aliphatic rings. The van der Waals surface area contributed by atoms with E-state index >= 15 is 0 Å². The highest BCUT2D eigenvalue weighted by Gasteiger charge is 2.35. The number of alkyl halides is 3. The average Bonchev–Trinajstić information content (AvgIpc) is 2.47. The van der Waals surface area contributed by atoms with Crippen molar-refractivity contribution in [1.82, 2.24) is 5.32 Å². The Balaban J connectivity index is 0.00000264. The fourth-order valence-corrected chi connectivity index (χ4v) is 2.82. The van der Waals surface area contributed by atoms with E-state index in [2.05, 4.69) is 5.32 Å². The summed E-state index contributed by atoms with van der Waals surface area (Å²) in [5.74, 6) is -1.89. The van der Waals surface area contributed by atoms with Gasteiger partial charge in [-0.05, 0) is 43.5 Å². The van der Waals surface area contributed by atoms with Crippen molar-refractivity contribution >= 4 is 18.3 Å². The van der Waals surface area contributed by atoms with Gasteiger partial charge >= 0.3 is 6.18 Å². The second-order valence-corrected chi connectivity index (χ2v) is 5.55. The molecule has 1 aliphatic carbocycles. The fraction of sp³-hybridized carbons (Fsp3) is 0.533. The Labute approximate surface area is 138 Å². The molecule has 0 aromatic heterocycles. The van der Waals surface area contributed by atoms with Crippen molar-refractivity contribution in [3.63, 3.8) is 0 Å². The molecule has 3 N–H and O–H groups in total. The second kappa shape index (κ2) is 7.97. The number of benzene rings is 1. The lowest BCUT2D eigenvalue weighted by molar-refractivity contribution is -0.140. The molecule has 1 amide bonds. The molecule has 0 spiro atoms. The lowest BCUT2D eigenvalue weighted by atomic mass is 9.84. The van der Waals surface area contributed by atoms with Gasteiger partial charge in [-0.2, -0.15) is 13.2 Å². The maximum atomic E-state index is 13.2. The fourth-order valence-electron chi connectivity index (χ4n) is 2.82. The van der Waals surface area contributed by atoms with Gasteiger partial charge in [-0.3, -0.25) is 4.79 Å². The quantitative estimate of drug-likeness (QED) is 0.816. The first-order valence-electron chi connectivity index (χ1n) is 7.20. The Morgan fingerprint density at radius 2 is 1.91 bits per heavy atom. The van der Waals surface area contributed by atoms with E-state index in [-0.39, 0.29) is 29.9 Å². The third-order valence-electron chi connectivity index (χ3n) is 4.06. The summed E-state index contributed by atoms with van der Waals surface area (Å²) in [6.45, 7) is 0.419. The first-order chi connectivity index (χ1) is 10.3. The molecule has 2 atom stereocenters. The van der Waals surface area contributed by atoms with Gasteiger partial charge in [-0.15, -0.1) is 12.4 Å². The Bertz CT molecular complexity index is 551. The standard InChI is InChI=1S/C15H18F4N2O.ClH/c16-12-6-5-9(7-11(12)15(17,18)19)14(22)21-13-4-2-1-3-10(13)8-20;/h5-7,10,13H,1-4,8,20H2,(H,21,22);1H. The van der Waals surface area contributed by atoms with Gasteiger partial charge in [0, 0.05) is 11.6 Å². The van der Waals surface area contributed by atoms with Gasteiger partial charge < -0.3 is 11.1 Å². The van der Waals surface area contributed by atoms with E-state index in [9.17, 15) is 22.4 Å². The number of halogens is 5. The Hall–Kier alpha value is -1.34. The number of rotatable bonds is 3. The van der Waals surface area contributed by atoms with Crippen LogP contribution in [0.1, 0.15) is 41.6 Å². The summed E-state index contributed by atoms with van der Waals surface area (Å²) in [4.78, 5) is 12.1. The van der Waals surface area contributed by atoms with Gasteiger partial charge in [0.15, 0.2) is 0 Å². The van der Waals surface area contributed by atoms with Gasteiger partial charge in [-0.25, -0.2) is 4.39 Å². The molecule has 8 heteroatoms. The van der Waals surface area contributed by atoms with Gasteiger partial charge in [0.1, 0.15) is 5.82 Å². The zero-order valence-corrected chi connectivity index (χ0v) is 13.1. The molecule has 0 saturated heterocycles. The largest absolute Gasteiger partial charge is 0.419 e. The van der Waals surface area contributed by atoms with E-state index < -0.39 is 23.5 Å². The number of carbonyl (C=O) groups is 1. The number of nitrogens with one attached hydrogen (secondary N) is 1. The van der Waals surface area contributed by atoms with Crippen LogP contribution in [0.15, 0.2) is 18.2 Å². The molecule has 0 aliphatic heterocycles. The number of hydrogen-bond acceptors (Lipinski definition) is 2. The third kappa shape index (κ3) is 4.81. The number of hydrogen-bond donors (Lipinski definition) is 2. The van der Waals surface area contributed by atoms with E-state index in [1.54, 1.807) is 0 Å². The van der Waals surface area contributed by atoms with Crippen molar-refractivity contribution in [3.05, 3.63) is 35.1 Å². The van der Waals surface area contributed by atoms with E-state index in [0.717, 1.165) is 31.7 Å². The topological polar surface area (TPSA) is 55.1 Å². The zero-order chi connectivity index (χ0) is 16.3. The van der Waals surface area contributed by atoms with Crippen molar-refractivity contribution < 1.29 is 22.4 Å². The Morgan fingerprint density at radius 3 is 2.52 bits per heavy atom. The van der Waals surface area contributed by atoms with Crippen LogP contribution in [0.4, 0.5) is 17.6 Å². The molecular weight excluding hydrogens is 336 g/mol. The lowest BCUT2D eigenvalue weighted by Gasteiger charge is -2.31. The molecule has 23 heavy (non-hydrogen) atoms. The summed E-state index contributed by atoms with van der Waals surface area (Å²) in [7, 11) is 0. The Kier molecular flexibility index (Phi) is 6.83. The van der Waals surface area contributed by atoms with Crippen LogP contribution < -0.4 is 11.1 Å². The van der Waals surface area contributed by atoms with E-state index in [1.165, 1.54) is 0 Å². The molecule has 3 nitrogen and oxygen atoms in total. The molecule has 2 unspecified atom stereocenters. The number of carbonyl (C=O) groups excluding carboxylic acids is 1. The third-order valence-corrected chi connectivity index (χ3v) is 4.06. The van der Waals surface area contributed by atoms with Crippen molar-refractivity contribution in [2.75, 3.05) is 6.54 Å². The van der Waals surface area contributed by atoms with E-state index in [0.29, 0.717) is 18.7 Å². The average molecular weight is 355 g/mol. The molecule has 2 rings (SSSR count). The predicted molar refractivity (Wildman–Crippen MR) is 80.9 cm³/mol. The van der Waals surface area contributed by atoms with Crippen molar-refractivity contribution in [2.24, 2.45) is 11.7 Å². The molecular formula is C15H19ClF4N2O. The molecule has 130 valence electrons. The van der Waals surface area contributed by atoms with Crippen molar-refractivity contribution in [1.29, 1.82) is 0 Å². The van der Waals surface area contributed by atoms with Crippen LogP contribution in [0.2, 0.25) is 0 Å². The van der Waals surface area contributed by atoms with Crippen LogP contribution in [-0.2, 0) is 6.18 Å². The summed E-state index contributed by atoms with van der Waals surface area (Å²) in [6, 6.07) is 2.12. The van der Waals surface area contributed by atoms with Crippen LogP contribution in [0.25, 0.3) is 0 Å². The highest BCUT2D eigenvalue weighted by Crippen LogP contribution is 2.32. The van der Waals surface area contributed by atoms with Crippen LogP contribution >= 0.6 is 12.4 Å². The molecule has 1 aromatic rings. The summed E-state index contributed by atoms with van der Waals surface area (Å²) in [5.41, 5.74) is 4.03. The molecule has 1 saturated carbocycles. The second-order valence-electron chi connectivity index (χ2n) is 5.55.